The van der Waals surface area contributed by atoms with Crippen LogP contribution in [0.3, 0.4) is 0 Å². The average Bonchev–Trinajstić information content (AvgIpc) is 3.02. The first-order valence-electron chi connectivity index (χ1n) is 5.76. The van der Waals surface area contributed by atoms with E-state index in [9.17, 15) is 8.42 Å². The van der Waals surface area contributed by atoms with E-state index >= 15 is 0 Å². The van der Waals surface area contributed by atoms with Gasteiger partial charge in [-0.3, -0.25) is 0 Å². The summed E-state index contributed by atoms with van der Waals surface area (Å²) < 4.78 is 25.3. The third-order valence-electron chi connectivity index (χ3n) is 3.29. The second kappa shape index (κ2) is 4.39. The highest BCUT2D eigenvalue weighted by molar-refractivity contribution is 7.90. The lowest BCUT2D eigenvalue weighted by atomic mass is 10.00. The van der Waals surface area contributed by atoms with E-state index in [4.69, 9.17) is 0 Å². The van der Waals surface area contributed by atoms with Crippen molar-refractivity contribution in [3.8, 4) is 0 Å². The maximum atomic E-state index is 11.9. The Kier molecular flexibility index (Phi) is 3.33. The van der Waals surface area contributed by atoms with Gasteiger partial charge in [0.1, 0.15) is 0 Å². The molecule has 1 aliphatic heterocycles. The molecule has 0 aromatic carbocycles. The van der Waals surface area contributed by atoms with Crippen molar-refractivity contribution in [3.63, 3.8) is 0 Å². The maximum absolute atomic E-state index is 11.9. The van der Waals surface area contributed by atoms with Gasteiger partial charge >= 0.3 is 0 Å². The maximum Gasteiger partial charge on any atom is 0.216 e. The Balaban J connectivity index is 1.87. The molecule has 1 heterocycles. The molecule has 1 saturated carbocycles. The standard InChI is InChI=1S/C10H20N2O2S/c1-12(15(13,14)10-4-5-10)8-9-3-2-6-11-7-9/h9-11H,2-8H2,1H3. The normalized spacial score (nSPS) is 28.3. The lowest BCUT2D eigenvalue weighted by Gasteiger charge is -2.27. The Labute approximate surface area is 92.1 Å². The van der Waals surface area contributed by atoms with Gasteiger partial charge in [0.25, 0.3) is 0 Å². The van der Waals surface area contributed by atoms with Crippen LogP contribution in [0.5, 0.6) is 0 Å². The fraction of sp³-hybridized carbons (Fsp3) is 1.00. The van der Waals surface area contributed by atoms with Gasteiger partial charge in [-0.25, -0.2) is 12.7 Å². The van der Waals surface area contributed by atoms with Crippen LogP contribution in [0.15, 0.2) is 0 Å². The van der Waals surface area contributed by atoms with Crippen molar-refractivity contribution < 1.29 is 8.42 Å². The lowest BCUT2D eigenvalue weighted by Crippen LogP contribution is -2.40. The molecule has 1 atom stereocenters. The summed E-state index contributed by atoms with van der Waals surface area (Å²) in [6.07, 6.45) is 4.03. The Morgan fingerprint density at radius 3 is 2.60 bits per heavy atom. The summed E-state index contributed by atoms with van der Waals surface area (Å²) in [5.41, 5.74) is 0. The number of hydrogen-bond acceptors (Lipinski definition) is 3. The smallest absolute Gasteiger partial charge is 0.216 e. The molecule has 5 heteroatoms. The van der Waals surface area contributed by atoms with E-state index in [1.165, 1.54) is 6.42 Å². The van der Waals surface area contributed by atoms with Crippen molar-refractivity contribution in [1.29, 1.82) is 0 Å². The molecule has 0 spiro atoms. The fourth-order valence-electron chi connectivity index (χ4n) is 2.17. The van der Waals surface area contributed by atoms with Crippen LogP contribution in [0, 0.1) is 5.92 Å². The molecule has 0 aromatic heterocycles. The molecular weight excluding hydrogens is 212 g/mol. The predicted octanol–water partition coefficient (Wildman–Crippen LogP) is 0.410. The minimum atomic E-state index is -2.96. The van der Waals surface area contributed by atoms with Crippen molar-refractivity contribution in [2.45, 2.75) is 30.9 Å². The highest BCUT2D eigenvalue weighted by Crippen LogP contribution is 2.30. The summed E-state index contributed by atoms with van der Waals surface area (Å²) in [5.74, 6) is 0.497. The Bertz CT molecular complexity index is 305. The van der Waals surface area contributed by atoms with Crippen LogP contribution in [0.4, 0.5) is 0 Å². The molecule has 1 N–H and O–H groups in total. The molecule has 0 radical (unpaired) electrons. The minimum Gasteiger partial charge on any atom is -0.316 e. The van der Waals surface area contributed by atoms with Gasteiger partial charge in [-0.05, 0) is 44.7 Å². The van der Waals surface area contributed by atoms with Crippen molar-refractivity contribution in [2.24, 2.45) is 5.92 Å². The molecule has 2 aliphatic rings. The monoisotopic (exact) mass is 232 g/mol. The Morgan fingerprint density at radius 1 is 1.33 bits per heavy atom. The highest BCUT2D eigenvalue weighted by Gasteiger charge is 2.39. The molecule has 0 aromatic rings. The lowest BCUT2D eigenvalue weighted by molar-refractivity contribution is 0.314. The molecule has 1 saturated heterocycles. The Morgan fingerprint density at radius 2 is 2.07 bits per heavy atom. The van der Waals surface area contributed by atoms with Crippen LogP contribution < -0.4 is 5.32 Å². The van der Waals surface area contributed by atoms with Crippen molar-refractivity contribution in [1.82, 2.24) is 9.62 Å². The van der Waals surface area contributed by atoms with Gasteiger partial charge in [0.05, 0.1) is 5.25 Å². The first-order chi connectivity index (χ1) is 7.10. The second-order valence-corrected chi connectivity index (χ2v) is 7.06. The van der Waals surface area contributed by atoms with Crippen molar-refractivity contribution >= 4 is 10.0 Å². The van der Waals surface area contributed by atoms with E-state index in [1.807, 2.05) is 0 Å². The molecule has 1 unspecified atom stereocenters. The van der Waals surface area contributed by atoms with Crippen LogP contribution in [-0.4, -0.2) is 44.7 Å². The largest absolute Gasteiger partial charge is 0.316 e. The number of piperidine rings is 1. The van der Waals surface area contributed by atoms with Crippen LogP contribution in [0.25, 0.3) is 0 Å². The van der Waals surface area contributed by atoms with Gasteiger partial charge < -0.3 is 5.32 Å². The summed E-state index contributed by atoms with van der Waals surface area (Å²) in [5, 5.41) is 3.24. The zero-order valence-electron chi connectivity index (χ0n) is 9.28. The molecule has 88 valence electrons. The topological polar surface area (TPSA) is 49.4 Å². The minimum absolute atomic E-state index is 0.0703. The van der Waals surface area contributed by atoms with Gasteiger partial charge in [-0.2, -0.15) is 0 Å². The average molecular weight is 232 g/mol. The Hall–Kier alpha value is -0.130. The van der Waals surface area contributed by atoms with E-state index in [-0.39, 0.29) is 5.25 Å². The molecule has 1 aliphatic carbocycles. The summed E-state index contributed by atoms with van der Waals surface area (Å²) in [7, 11) is -1.24. The zero-order chi connectivity index (χ0) is 10.9. The number of rotatable bonds is 4. The molecule has 2 rings (SSSR count). The molecule has 15 heavy (non-hydrogen) atoms. The summed E-state index contributed by atoms with van der Waals surface area (Å²) in [6, 6.07) is 0. The number of nitrogens with zero attached hydrogens (tertiary/aromatic N) is 1. The van der Waals surface area contributed by atoms with Gasteiger partial charge in [-0.15, -0.1) is 0 Å². The van der Waals surface area contributed by atoms with Crippen LogP contribution in [-0.2, 0) is 10.0 Å². The van der Waals surface area contributed by atoms with Crippen molar-refractivity contribution in [2.75, 3.05) is 26.7 Å². The predicted molar refractivity (Wildman–Crippen MR) is 60.2 cm³/mol. The van der Waals surface area contributed by atoms with E-state index < -0.39 is 10.0 Å². The van der Waals surface area contributed by atoms with Gasteiger partial charge in [0.2, 0.25) is 10.0 Å². The third-order valence-corrected chi connectivity index (χ3v) is 5.63. The fourth-order valence-corrected chi connectivity index (χ4v) is 3.83. The number of hydrogen-bond donors (Lipinski definition) is 1. The molecule has 0 bridgehead atoms. The van der Waals surface area contributed by atoms with Crippen LogP contribution >= 0.6 is 0 Å². The van der Waals surface area contributed by atoms with Gasteiger partial charge in [0, 0.05) is 13.6 Å². The third kappa shape index (κ3) is 2.71. The SMILES string of the molecule is CN(CC1CCCNC1)S(=O)(=O)C1CC1. The molecular formula is C10H20N2O2S. The van der Waals surface area contributed by atoms with E-state index in [0.717, 1.165) is 32.4 Å². The first-order valence-corrected chi connectivity index (χ1v) is 7.27. The first kappa shape index (κ1) is 11.4. The zero-order valence-corrected chi connectivity index (χ0v) is 10.1. The van der Waals surface area contributed by atoms with E-state index in [1.54, 1.807) is 11.4 Å². The van der Waals surface area contributed by atoms with Crippen LogP contribution in [0.1, 0.15) is 25.7 Å². The highest BCUT2D eigenvalue weighted by atomic mass is 32.2. The number of nitrogens with one attached hydrogen (secondary N) is 1. The van der Waals surface area contributed by atoms with Gasteiger partial charge in [0.15, 0.2) is 0 Å². The number of sulfonamides is 1. The van der Waals surface area contributed by atoms with Gasteiger partial charge in [-0.1, -0.05) is 0 Å². The summed E-state index contributed by atoms with van der Waals surface area (Å²) in [4.78, 5) is 0. The van der Waals surface area contributed by atoms with Crippen LogP contribution in [0.2, 0.25) is 0 Å². The summed E-state index contributed by atoms with van der Waals surface area (Å²) >= 11 is 0. The molecule has 2 fully saturated rings. The van der Waals surface area contributed by atoms with E-state index in [2.05, 4.69) is 5.32 Å². The summed E-state index contributed by atoms with van der Waals surface area (Å²) in [6.45, 7) is 2.73. The second-order valence-electron chi connectivity index (χ2n) is 4.74. The van der Waals surface area contributed by atoms with Crippen molar-refractivity contribution in [3.05, 3.63) is 0 Å². The molecule has 4 nitrogen and oxygen atoms in total. The molecule has 0 amide bonds. The van der Waals surface area contributed by atoms with E-state index in [0.29, 0.717) is 12.5 Å². The quantitative estimate of drug-likeness (QED) is 0.764.